The van der Waals surface area contributed by atoms with Crippen LogP contribution in [0.1, 0.15) is 36.3 Å². The second-order valence-corrected chi connectivity index (χ2v) is 5.17. The van der Waals surface area contributed by atoms with Crippen molar-refractivity contribution < 1.29 is 0 Å². The largest absolute Gasteiger partial charge is 0.363 e. The van der Waals surface area contributed by atoms with Gasteiger partial charge in [-0.15, -0.1) is 11.3 Å². The Labute approximate surface area is 105 Å². The van der Waals surface area contributed by atoms with Crippen LogP contribution in [0.2, 0.25) is 0 Å². The zero-order valence-electron chi connectivity index (χ0n) is 10.3. The van der Waals surface area contributed by atoms with Gasteiger partial charge in [0.05, 0.1) is 6.54 Å². The first-order valence-corrected chi connectivity index (χ1v) is 6.51. The van der Waals surface area contributed by atoms with E-state index < -0.39 is 0 Å². The molecule has 2 heterocycles. The monoisotopic (exact) mass is 248 g/mol. The van der Waals surface area contributed by atoms with E-state index in [2.05, 4.69) is 34.1 Å². The second-order valence-electron chi connectivity index (χ2n) is 4.19. The molecule has 0 unspecified atom stereocenters. The van der Waals surface area contributed by atoms with E-state index in [1.165, 1.54) is 0 Å². The van der Waals surface area contributed by atoms with Gasteiger partial charge in [0.1, 0.15) is 16.6 Å². The molecule has 0 fully saturated rings. The fraction of sp³-hybridized carbons (Fsp3) is 0.417. The fourth-order valence-electron chi connectivity index (χ4n) is 1.45. The van der Waals surface area contributed by atoms with E-state index in [4.69, 9.17) is 0 Å². The summed E-state index contributed by atoms with van der Waals surface area (Å²) in [6.07, 6.45) is 1.81. The van der Waals surface area contributed by atoms with Crippen molar-refractivity contribution >= 4 is 17.2 Å². The first kappa shape index (κ1) is 12.0. The van der Waals surface area contributed by atoms with Gasteiger partial charge in [-0.25, -0.2) is 15.0 Å². The van der Waals surface area contributed by atoms with Crippen LogP contribution in [0.4, 0.5) is 5.82 Å². The van der Waals surface area contributed by atoms with Crippen molar-refractivity contribution in [2.24, 2.45) is 0 Å². The molecule has 0 bridgehead atoms. The summed E-state index contributed by atoms with van der Waals surface area (Å²) < 4.78 is 0. The predicted molar refractivity (Wildman–Crippen MR) is 70.3 cm³/mol. The number of thiazole rings is 1. The van der Waals surface area contributed by atoms with Crippen molar-refractivity contribution in [3.63, 3.8) is 0 Å². The Balaban J connectivity index is 2.10. The molecule has 5 heteroatoms. The number of nitrogens with zero attached hydrogens (tertiary/aromatic N) is 3. The van der Waals surface area contributed by atoms with Gasteiger partial charge in [0.2, 0.25) is 0 Å². The Morgan fingerprint density at radius 1 is 1.35 bits per heavy atom. The van der Waals surface area contributed by atoms with Crippen molar-refractivity contribution in [1.82, 2.24) is 15.0 Å². The van der Waals surface area contributed by atoms with Crippen LogP contribution >= 0.6 is 11.3 Å². The first-order chi connectivity index (χ1) is 8.15. The molecule has 0 spiro atoms. The van der Waals surface area contributed by atoms with Crippen molar-refractivity contribution in [1.29, 1.82) is 0 Å². The van der Waals surface area contributed by atoms with E-state index in [1.54, 1.807) is 11.3 Å². The van der Waals surface area contributed by atoms with Gasteiger partial charge in [0, 0.05) is 29.3 Å². The van der Waals surface area contributed by atoms with Gasteiger partial charge < -0.3 is 5.32 Å². The molecular formula is C12H16N4S. The number of hydrogen-bond acceptors (Lipinski definition) is 5. The summed E-state index contributed by atoms with van der Waals surface area (Å²) in [6, 6.07) is 1.96. The molecule has 2 rings (SSSR count). The van der Waals surface area contributed by atoms with Gasteiger partial charge >= 0.3 is 0 Å². The summed E-state index contributed by atoms with van der Waals surface area (Å²) >= 11 is 1.64. The van der Waals surface area contributed by atoms with Crippen LogP contribution in [0.3, 0.4) is 0 Å². The molecule has 0 aliphatic carbocycles. The third-order valence-electron chi connectivity index (χ3n) is 2.29. The van der Waals surface area contributed by atoms with E-state index >= 15 is 0 Å². The Hall–Kier alpha value is -1.49. The van der Waals surface area contributed by atoms with Gasteiger partial charge in [0.15, 0.2) is 0 Å². The maximum atomic E-state index is 4.49. The van der Waals surface area contributed by atoms with Crippen molar-refractivity contribution in [2.75, 3.05) is 5.32 Å². The molecule has 90 valence electrons. The summed E-state index contributed by atoms with van der Waals surface area (Å²) in [4.78, 5) is 13.1. The highest BCUT2D eigenvalue weighted by Gasteiger charge is 2.06. The molecular weight excluding hydrogens is 232 g/mol. The average Bonchev–Trinajstić information content (AvgIpc) is 2.78. The van der Waals surface area contributed by atoms with Crippen LogP contribution in [-0.2, 0) is 6.54 Å². The highest BCUT2D eigenvalue weighted by molar-refractivity contribution is 7.09. The summed E-state index contributed by atoms with van der Waals surface area (Å²) in [7, 11) is 0. The third-order valence-corrected chi connectivity index (χ3v) is 3.07. The van der Waals surface area contributed by atoms with E-state index in [0.717, 1.165) is 22.3 Å². The molecule has 0 saturated heterocycles. The van der Waals surface area contributed by atoms with Crippen molar-refractivity contribution in [2.45, 2.75) is 33.2 Å². The second kappa shape index (κ2) is 5.23. The summed E-state index contributed by atoms with van der Waals surface area (Å²) in [5.41, 5.74) is 0.991. The lowest BCUT2D eigenvalue weighted by atomic mass is 10.2. The highest BCUT2D eigenvalue weighted by atomic mass is 32.1. The highest BCUT2D eigenvalue weighted by Crippen LogP contribution is 2.14. The minimum atomic E-state index is 0.343. The fourth-order valence-corrected chi connectivity index (χ4v) is 2.00. The van der Waals surface area contributed by atoms with Crippen LogP contribution in [0.15, 0.2) is 17.6 Å². The van der Waals surface area contributed by atoms with Gasteiger partial charge in [-0.05, 0) is 6.92 Å². The average molecular weight is 248 g/mol. The normalized spacial score (nSPS) is 10.8. The maximum absolute atomic E-state index is 4.49. The summed E-state index contributed by atoms with van der Waals surface area (Å²) in [5.74, 6) is 2.10. The lowest BCUT2D eigenvalue weighted by Gasteiger charge is -2.09. The number of hydrogen-bond donors (Lipinski definition) is 1. The third kappa shape index (κ3) is 3.23. The zero-order chi connectivity index (χ0) is 12.3. The van der Waals surface area contributed by atoms with Crippen LogP contribution in [0.5, 0.6) is 0 Å². The minimum Gasteiger partial charge on any atom is -0.363 e. The lowest BCUT2D eigenvalue weighted by Crippen LogP contribution is -2.06. The van der Waals surface area contributed by atoms with Crippen LogP contribution in [0, 0.1) is 6.92 Å². The van der Waals surface area contributed by atoms with Gasteiger partial charge in [0.25, 0.3) is 0 Å². The number of aryl methyl sites for hydroxylation is 1. The van der Waals surface area contributed by atoms with Gasteiger partial charge in [-0.1, -0.05) is 13.8 Å². The number of nitrogens with one attached hydrogen (secondary N) is 1. The van der Waals surface area contributed by atoms with E-state index in [1.807, 2.05) is 24.6 Å². The Morgan fingerprint density at radius 2 is 2.18 bits per heavy atom. The molecule has 0 aromatic carbocycles. The van der Waals surface area contributed by atoms with Crippen molar-refractivity contribution in [3.05, 3.63) is 34.2 Å². The number of rotatable bonds is 4. The van der Waals surface area contributed by atoms with Crippen molar-refractivity contribution in [3.8, 4) is 0 Å². The molecule has 0 amide bonds. The number of anilines is 1. The van der Waals surface area contributed by atoms with Crippen LogP contribution in [-0.4, -0.2) is 15.0 Å². The zero-order valence-corrected chi connectivity index (χ0v) is 11.1. The summed E-state index contributed by atoms with van der Waals surface area (Å²) in [6.45, 7) is 6.90. The smallest absolute Gasteiger partial charge is 0.133 e. The minimum absolute atomic E-state index is 0.343. The Morgan fingerprint density at radius 3 is 2.82 bits per heavy atom. The molecule has 2 aromatic heterocycles. The molecule has 1 N–H and O–H groups in total. The Kier molecular flexibility index (Phi) is 3.68. The SMILES string of the molecule is Cc1cc(NCc2nccs2)nc(C(C)C)n1. The molecule has 0 atom stereocenters. The quantitative estimate of drug-likeness (QED) is 0.903. The van der Waals surface area contributed by atoms with E-state index in [0.29, 0.717) is 12.5 Å². The Bertz CT molecular complexity index is 479. The molecule has 2 aromatic rings. The summed E-state index contributed by atoms with van der Waals surface area (Å²) in [5, 5.41) is 6.32. The molecule has 0 saturated carbocycles. The van der Waals surface area contributed by atoms with Gasteiger partial charge in [-0.3, -0.25) is 0 Å². The standard InChI is InChI=1S/C12H16N4S/c1-8(2)12-15-9(3)6-10(16-12)14-7-11-13-4-5-17-11/h4-6,8H,7H2,1-3H3,(H,14,15,16). The first-order valence-electron chi connectivity index (χ1n) is 5.63. The predicted octanol–water partition coefficient (Wildman–Crippen LogP) is 2.98. The van der Waals surface area contributed by atoms with Crippen LogP contribution in [0.25, 0.3) is 0 Å². The topological polar surface area (TPSA) is 50.7 Å². The lowest BCUT2D eigenvalue weighted by molar-refractivity contribution is 0.766. The molecule has 0 aliphatic rings. The van der Waals surface area contributed by atoms with E-state index in [-0.39, 0.29) is 0 Å². The molecule has 0 radical (unpaired) electrons. The number of aromatic nitrogens is 3. The molecule has 17 heavy (non-hydrogen) atoms. The van der Waals surface area contributed by atoms with Crippen LogP contribution < -0.4 is 5.32 Å². The van der Waals surface area contributed by atoms with E-state index in [9.17, 15) is 0 Å². The molecule has 0 aliphatic heterocycles. The maximum Gasteiger partial charge on any atom is 0.133 e. The van der Waals surface area contributed by atoms with Gasteiger partial charge in [-0.2, -0.15) is 0 Å². The molecule has 4 nitrogen and oxygen atoms in total.